The molecule has 4 rings (SSSR count). The standard InChI is InChI=1S/C25H31ClN4O4/c1-14(29(2)3)28-17-7-6-16(27-10-12-30-11-4-5-15(30)13-26)20-21(17)25(34)23-19(32)9-8-18(31)22(23)24(20)33/h6-9,14-15,27-28,31-32H,4-5,10-13H2,1-3H3. The molecule has 0 aromatic heterocycles. The Bertz CT molecular complexity index is 1120. The Kier molecular flexibility index (Phi) is 7.02. The molecule has 8 nitrogen and oxygen atoms in total. The largest absolute Gasteiger partial charge is 0.507 e. The maximum absolute atomic E-state index is 13.6. The highest BCUT2D eigenvalue weighted by Gasteiger charge is 2.38. The van der Waals surface area contributed by atoms with Crippen molar-refractivity contribution in [3.63, 3.8) is 0 Å². The Morgan fingerprint density at radius 3 is 2.21 bits per heavy atom. The molecule has 2 aromatic rings. The first-order valence-corrected chi connectivity index (χ1v) is 12.1. The number of fused-ring (bicyclic) bond motifs is 2. The number of benzene rings is 2. The Morgan fingerprint density at radius 1 is 1.03 bits per heavy atom. The number of ketones is 2. The zero-order valence-corrected chi connectivity index (χ0v) is 20.4. The quantitative estimate of drug-likeness (QED) is 0.218. The fraction of sp³-hybridized carbons (Fsp3) is 0.440. The van der Waals surface area contributed by atoms with E-state index in [1.54, 1.807) is 12.1 Å². The van der Waals surface area contributed by atoms with Crippen LogP contribution in [0.2, 0.25) is 0 Å². The lowest BCUT2D eigenvalue weighted by Crippen LogP contribution is -2.35. The minimum atomic E-state index is -0.503. The van der Waals surface area contributed by atoms with Gasteiger partial charge in [0.1, 0.15) is 11.5 Å². The highest BCUT2D eigenvalue weighted by molar-refractivity contribution is 6.33. The molecular formula is C25H31ClN4O4. The van der Waals surface area contributed by atoms with Gasteiger partial charge in [0, 0.05) is 36.4 Å². The van der Waals surface area contributed by atoms with Gasteiger partial charge in [-0.3, -0.25) is 19.4 Å². The number of nitrogens with zero attached hydrogens (tertiary/aromatic N) is 2. The number of phenolic OH excluding ortho intramolecular Hbond substituents is 2. The number of aromatic hydroxyl groups is 2. The van der Waals surface area contributed by atoms with Gasteiger partial charge in [0.05, 0.1) is 28.4 Å². The lowest BCUT2D eigenvalue weighted by Gasteiger charge is -2.28. The van der Waals surface area contributed by atoms with Gasteiger partial charge in [-0.15, -0.1) is 11.6 Å². The molecule has 0 bridgehead atoms. The number of anilines is 2. The SMILES string of the molecule is CC(Nc1ccc(NCCN2CCCC2CCl)c2c1C(=O)c1c(O)ccc(O)c1C2=O)N(C)C. The number of carbonyl (C=O) groups is 2. The molecular weight excluding hydrogens is 456 g/mol. The van der Waals surface area contributed by atoms with E-state index in [2.05, 4.69) is 15.5 Å². The summed E-state index contributed by atoms with van der Waals surface area (Å²) in [4.78, 5) is 31.5. The molecule has 2 aromatic carbocycles. The second kappa shape index (κ2) is 9.82. The molecule has 1 aliphatic carbocycles. The van der Waals surface area contributed by atoms with Gasteiger partial charge in [-0.2, -0.15) is 0 Å². The zero-order chi connectivity index (χ0) is 24.6. The molecule has 1 heterocycles. The summed E-state index contributed by atoms with van der Waals surface area (Å²) >= 11 is 6.09. The van der Waals surface area contributed by atoms with E-state index in [0.717, 1.165) is 25.9 Å². The van der Waals surface area contributed by atoms with Gasteiger partial charge in [0.25, 0.3) is 0 Å². The zero-order valence-electron chi connectivity index (χ0n) is 19.7. The van der Waals surface area contributed by atoms with E-state index in [0.29, 0.717) is 29.8 Å². The maximum Gasteiger partial charge on any atom is 0.200 e. The summed E-state index contributed by atoms with van der Waals surface area (Å²) in [6, 6.07) is 6.36. The third-order valence-corrected chi connectivity index (χ3v) is 7.16. The number of phenols is 2. The van der Waals surface area contributed by atoms with Crippen LogP contribution in [0.1, 0.15) is 51.6 Å². The second-order valence-electron chi connectivity index (χ2n) is 9.12. The lowest BCUT2D eigenvalue weighted by molar-refractivity contribution is 0.0975. The van der Waals surface area contributed by atoms with E-state index < -0.39 is 11.6 Å². The minimum Gasteiger partial charge on any atom is -0.507 e. The Labute approximate surface area is 204 Å². The number of likely N-dealkylation sites (tertiary alicyclic amines) is 1. The monoisotopic (exact) mass is 486 g/mol. The van der Waals surface area contributed by atoms with Crippen molar-refractivity contribution < 1.29 is 19.8 Å². The van der Waals surface area contributed by atoms with Crippen LogP contribution in [0.15, 0.2) is 24.3 Å². The molecule has 2 unspecified atom stereocenters. The number of carbonyl (C=O) groups excluding carboxylic acids is 2. The van der Waals surface area contributed by atoms with Crippen LogP contribution in [0, 0.1) is 0 Å². The van der Waals surface area contributed by atoms with E-state index >= 15 is 0 Å². The van der Waals surface area contributed by atoms with Gasteiger partial charge in [-0.05, 0) is 64.7 Å². The van der Waals surface area contributed by atoms with Crippen LogP contribution < -0.4 is 10.6 Å². The molecule has 0 spiro atoms. The first kappa shape index (κ1) is 24.3. The van der Waals surface area contributed by atoms with Crippen LogP contribution in [0.25, 0.3) is 0 Å². The summed E-state index contributed by atoms with van der Waals surface area (Å²) in [5, 5.41) is 27.4. The fourth-order valence-electron chi connectivity index (χ4n) is 4.68. The average molecular weight is 487 g/mol. The van der Waals surface area contributed by atoms with Crippen LogP contribution in [-0.2, 0) is 0 Å². The molecule has 0 amide bonds. The predicted octanol–water partition coefficient (Wildman–Crippen LogP) is 3.31. The molecule has 182 valence electrons. The van der Waals surface area contributed by atoms with Crippen molar-refractivity contribution in [2.75, 3.05) is 50.2 Å². The summed E-state index contributed by atoms with van der Waals surface area (Å²) in [5.74, 6) is -1.07. The van der Waals surface area contributed by atoms with Crippen molar-refractivity contribution in [2.45, 2.75) is 32.0 Å². The number of nitrogens with one attached hydrogen (secondary N) is 2. The van der Waals surface area contributed by atoms with Gasteiger partial charge < -0.3 is 20.8 Å². The molecule has 1 saturated heterocycles. The summed E-state index contributed by atoms with van der Waals surface area (Å²) < 4.78 is 0. The van der Waals surface area contributed by atoms with Gasteiger partial charge in [-0.1, -0.05) is 0 Å². The second-order valence-corrected chi connectivity index (χ2v) is 9.43. The van der Waals surface area contributed by atoms with Gasteiger partial charge >= 0.3 is 0 Å². The fourth-order valence-corrected chi connectivity index (χ4v) is 5.03. The molecule has 4 N–H and O–H groups in total. The van der Waals surface area contributed by atoms with Crippen LogP contribution in [0.3, 0.4) is 0 Å². The van der Waals surface area contributed by atoms with E-state index in [9.17, 15) is 19.8 Å². The number of rotatable bonds is 8. The molecule has 9 heteroatoms. The normalized spacial score (nSPS) is 18.7. The topological polar surface area (TPSA) is 105 Å². The first-order chi connectivity index (χ1) is 16.2. The van der Waals surface area contributed by atoms with Crippen molar-refractivity contribution in [1.82, 2.24) is 9.80 Å². The average Bonchev–Trinajstić information content (AvgIpc) is 3.26. The van der Waals surface area contributed by atoms with Gasteiger partial charge in [-0.25, -0.2) is 0 Å². The first-order valence-electron chi connectivity index (χ1n) is 11.5. The van der Waals surface area contributed by atoms with Crippen LogP contribution in [0.5, 0.6) is 11.5 Å². The predicted molar refractivity (Wildman–Crippen MR) is 134 cm³/mol. The highest BCUT2D eigenvalue weighted by Crippen LogP contribution is 2.42. The highest BCUT2D eigenvalue weighted by atomic mass is 35.5. The smallest absolute Gasteiger partial charge is 0.200 e. The third-order valence-electron chi connectivity index (χ3n) is 6.81. The number of hydrogen-bond acceptors (Lipinski definition) is 8. The third kappa shape index (κ3) is 4.33. The number of halogens is 1. The maximum atomic E-state index is 13.6. The summed E-state index contributed by atoms with van der Waals surface area (Å²) in [6.45, 7) is 4.25. The molecule has 0 saturated carbocycles. The molecule has 0 radical (unpaired) electrons. The Balaban J connectivity index is 1.73. The Hall–Kier alpha value is -2.81. The summed E-state index contributed by atoms with van der Waals surface area (Å²) in [5.41, 5.74) is 1.07. The molecule has 2 aliphatic rings. The van der Waals surface area contributed by atoms with Crippen LogP contribution in [-0.4, -0.2) is 83.4 Å². The minimum absolute atomic E-state index is 0.118. The van der Waals surface area contributed by atoms with E-state index in [-0.39, 0.29) is 39.9 Å². The van der Waals surface area contributed by atoms with Gasteiger partial charge in [0.2, 0.25) is 11.6 Å². The molecule has 1 aliphatic heterocycles. The Morgan fingerprint density at radius 2 is 1.62 bits per heavy atom. The van der Waals surface area contributed by atoms with E-state index in [1.165, 1.54) is 12.1 Å². The van der Waals surface area contributed by atoms with Crippen molar-refractivity contribution in [3.8, 4) is 11.5 Å². The number of alkyl halides is 1. The van der Waals surface area contributed by atoms with Crippen molar-refractivity contribution in [3.05, 3.63) is 46.5 Å². The molecule has 2 atom stereocenters. The van der Waals surface area contributed by atoms with Crippen molar-refractivity contribution in [1.29, 1.82) is 0 Å². The number of hydrogen-bond donors (Lipinski definition) is 4. The van der Waals surface area contributed by atoms with E-state index in [1.807, 2.05) is 25.9 Å². The summed E-state index contributed by atoms with van der Waals surface area (Å²) in [6.07, 6.45) is 2.08. The van der Waals surface area contributed by atoms with Crippen molar-refractivity contribution in [2.24, 2.45) is 0 Å². The summed E-state index contributed by atoms with van der Waals surface area (Å²) in [7, 11) is 3.80. The van der Waals surface area contributed by atoms with Gasteiger partial charge in [0.15, 0.2) is 0 Å². The molecule has 1 fully saturated rings. The lowest BCUT2D eigenvalue weighted by atomic mass is 9.81. The van der Waals surface area contributed by atoms with Crippen LogP contribution >= 0.6 is 11.6 Å². The van der Waals surface area contributed by atoms with E-state index in [4.69, 9.17) is 11.6 Å². The van der Waals surface area contributed by atoms with Crippen LogP contribution in [0.4, 0.5) is 11.4 Å². The van der Waals surface area contributed by atoms with Crippen molar-refractivity contribution >= 4 is 34.5 Å². The molecule has 34 heavy (non-hydrogen) atoms.